The summed E-state index contributed by atoms with van der Waals surface area (Å²) < 4.78 is 15.1. The molecule has 0 spiro atoms. The molecule has 1 fully saturated rings. The molecule has 1 aromatic carbocycles. The first-order valence-corrected chi connectivity index (χ1v) is 9.41. The van der Waals surface area contributed by atoms with E-state index in [1.807, 2.05) is 36.1 Å². The number of aromatic nitrogens is 6. The summed E-state index contributed by atoms with van der Waals surface area (Å²) in [6, 6.07) is 6.40. The van der Waals surface area contributed by atoms with Crippen LogP contribution in [0.1, 0.15) is 17.6 Å². The summed E-state index contributed by atoms with van der Waals surface area (Å²) >= 11 is 0. The van der Waals surface area contributed by atoms with Crippen LogP contribution in [0, 0.1) is 6.92 Å². The van der Waals surface area contributed by atoms with Crippen molar-refractivity contribution in [1.82, 2.24) is 29.5 Å². The number of fused-ring (bicyclic) bond motifs is 2. The summed E-state index contributed by atoms with van der Waals surface area (Å²) in [6.45, 7) is 5.87. The van der Waals surface area contributed by atoms with E-state index >= 15 is 0 Å². The van der Waals surface area contributed by atoms with Gasteiger partial charge in [0.25, 0.3) is 11.8 Å². The van der Waals surface area contributed by atoms with E-state index < -0.39 is 0 Å². The molecule has 2 aliphatic rings. The van der Waals surface area contributed by atoms with Crippen LogP contribution in [0.2, 0.25) is 0 Å². The maximum Gasteiger partial charge on any atom is 0.266 e. The fourth-order valence-electron chi connectivity index (χ4n) is 3.90. The third-order valence-corrected chi connectivity index (χ3v) is 5.59. The first kappa shape index (κ1) is 15.8. The molecule has 9 nitrogen and oxygen atoms in total. The molecule has 6 rings (SSSR count). The molecule has 142 valence electrons. The number of rotatable bonds is 3. The minimum atomic E-state index is 0.299. The largest absolute Gasteiger partial charge is 0.377 e. The van der Waals surface area contributed by atoms with Gasteiger partial charge in [-0.05, 0) is 24.2 Å². The fraction of sp³-hybridized carbons (Fsp3) is 0.368. The first-order chi connectivity index (χ1) is 13.8. The molecule has 0 atom stereocenters. The Morgan fingerprint density at radius 2 is 2.07 bits per heavy atom. The van der Waals surface area contributed by atoms with Crippen molar-refractivity contribution in [3.63, 3.8) is 0 Å². The van der Waals surface area contributed by atoms with Gasteiger partial charge in [0, 0.05) is 24.0 Å². The molecule has 2 aliphatic heterocycles. The summed E-state index contributed by atoms with van der Waals surface area (Å²) in [5, 5.41) is 9.82. The van der Waals surface area contributed by atoms with E-state index in [2.05, 4.69) is 35.8 Å². The highest BCUT2D eigenvalue weighted by molar-refractivity contribution is 5.83. The average molecular weight is 377 g/mol. The lowest BCUT2D eigenvalue weighted by molar-refractivity contribution is -0.0266. The molecular weight excluding hydrogens is 358 g/mol. The van der Waals surface area contributed by atoms with Gasteiger partial charge in [-0.15, -0.1) is 0 Å². The summed E-state index contributed by atoms with van der Waals surface area (Å²) in [4.78, 5) is 11.2. The Hall–Kier alpha value is -3.20. The number of imidazole rings is 1. The van der Waals surface area contributed by atoms with Gasteiger partial charge < -0.3 is 18.7 Å². The van der Waals surface area contributed by atoms with Gasteiger partial charge in [0.1, 0.15) is 5.82 Å². The van der Waals surface area contributed by atoms with E-state index in [4.69, 9.17) is 9.26 Å². The van der Waals surface area contributed by atoms with Gasteiger partial charge in [-0.1, -0.05) is 6.07 Å². The summed E-state index contributed by atoms with van der Waals surface area (Å²) in [5.74, 6) is 2.18. The topological polar surface area (TPSA) is 87.0 Å². The van der Waals surface area contributed by atoms with Crippen LogP contribution in [0.5, 0.6) is 0 Å². The van der Waals surface area contributed by atoms with Gasteiger partial charge in [0.05, 0.1) is 49.4 Å². The second-order valence-electron chi connectivity index (χ2n) is 7.32. The monoisotopic (exact) mass is 377 g/mol. The van der Waals surface area contributed by atoms with Gasteiger partial charge >= 0.3 is 0 Å². The molecule has 0 bridgehead atoms. The third kappa shape index (κ3) is 2.36. The van der Waals surface area contributed by atoms with E-state index in [1.54, 1.807) is 0 Å². The molecule has 0 unspecified atom stereocenters. The minimum Gasteiger partial charge on any atom is -0.377 e. The second-order valence-corrected chi connectivity index (χ2v) is 7.32. The maximum absolute atomic E-state index is 5.58. The van der Waals surface area contributed by atoms with E-state index in [0.29, 0.717) is 31.1 Å². The Kier molecular flexibility index (Phi) is 3.33. The predicted molar refractivity (Wildman–Crippen MR) is 101 cm³/mol. The van der Waals surface area contributed by atoms with E-state index in [9.17, 15) is 0 Å². The standard InChI is InChI=1S/C19H19N7O2/c1-12-20-8-15-9-24(4-5-25(12)15)19-22-18(28-23-19)13-2-3-14-7-21-26(17(14)6-13)16-10-27-11-16/h2-3,6-8,16H,4-5,9-11H2,1H3. The van der Waals surface area contributed by atoms with Gasteiger partial charge in [0.2, 0.25) is 0 Å². The smallest absolute Gasteiger partial charge is 0.266 e. The van der Waals surface area contributed by atoms with Crippen LogP contribution in [-0.2, 0) is 17.8 Å². The maximum atomic E-state index is 5.58. The zero-order chi connectivity index (χ0) is 18.7. The average Bonchev–Trinajstić information content (AvgIpc) is 3.39. The Balaban J connectivity index is 1.31. The van der Waals surface area contributed by atoms with E-state index in [-0.39, 0.29) is 0 Å². The summed E-state index contributed by atoms with van der Waals surface area (Å²) in [6.07, 6.45) is 3.80. The highest BCUT2D eigenvalue weighted by Gasteiger charge is 2.24. The predicted octanol–water partition coefficient (Wildman–Crippen LogP) is 2.18. The fourth-order valence-corrected chi connectivity index (χ4v) is 3.90. The molecule has 3 aromatic heterocycles. The van der Waals surface area contributed by atoms with Crippen LogP contribution < -0.4 is 4.90 Å². The van der Waals surface area contributed by atoms with Gasteiger partial charge in [-0.3, -0.25) is 4.68 Å². The van der Waals surface area contributed by atoms with Crippen LogP contribution >= 0.6 is 0 Å². The molecule has 1 saturated heterocycles. The van der Waals surface area contributed by atoms with Crippen molar-refractivity contribution in [3.8, 4) is 11.5 Å². The van der Waals surface area contributed by atoms with E-state index in [1.165, 1.54) is 5.69 Å². The van der Waals surface area contributed by atoms with Crippen molar-refractivity contribution in [3.05, 3.63) is 42.1 Å². The number of hydrogen-bond donors (Lipinski definition) is 0. The summed E-state index contributed by atoms with van der Waals surface area (Å²) in [7, 11) is 0. The van der Waals surface area contributed by atoms with Crippen molar-refractivity contribution < 1.29 is 9.26 Å². The van der Waals surface area contributed by atoms with Crippen LogP contribution in [0.4, 0.5) is 5.95 Å². The molecule has 0 saturated carbocycles. The van der Waals surface area contributed by atoms with Gasteiger partial charge in [-0.2, -0.15) is 10.1 Å². The quantitative estimate of drug-likeness (QED) is 0.541. The van der Waals surface area contributed by atoms with Crippen LogP contribution in [0.15, 0.2) is 35.1 Å². The Morgan fingerprint density at radius 3 is 2.93 bits per heavy atom. The molecule has 0 N–H and O–H groups in total. The number of benzene rings is 1. The zero-order valence-corrected chi connectivity index (χ0v) is 15.4. The molecule has 9 heteroatoms. The van der Waals surface area contributed by atoms with Crippen LogP contribution in [0.25, 0.3) is 22.4 Å². The highest BCUT2D eigenvalue weighted by Crippen LogP contribution is 2.28. The van der Waals surface area contributed by atoms with Crippen molar-refractivity contribution in [2.24, 2.45) is 0 Å². The van der Waals surface area contributed by atoms with Crippen molar-refractivity contribution in [2.75, 3.05) is 24.7 Å². The second kappa shape index (κ2) is 5.90. The molecule has 4 aromatic rings. The molecule has 0 amide bonds. The number of anilines is 1. The lowest BCUT2D eigenvalue weighted by Crippen LogP contribution is -2.34. The van der Waals surface area contributed by atoms with Crippen molar-refractivity contribution in [1.29, 1.82) is 0 Å². The Labute approximate surface area is 160 Å². The molecular formula is C19H19N7O2. The molecule has 0 radical (unpaired) electrons. The zero-order valence-electron chi connectivity index (χ0n) is 15.4. The lowest BCUT2D eigenvalue weighted by Gasteiger charge is -2.27. The molecule has 0 aliphatic carbocycles. The van der Waals surface area contributed by atoms with Crippen molar-refractivity contribution >= 4 is 16.9 Å². The number of ether oxygens (including phenoxy) is 1. The minimum absolute atomic E-state index is 0.299. The van der Waals surface area contributed by atoms with E-state index in [0.717, 1.165) is 41.9 Å². The highest BCUT2D eigenvalue weighted by atomic mass is 16.5. The summed E-state index contributed by atoms with van der Waals surface area (Å²) in [5.41, 5.74) is 3.12. The third-order valence-electron chi connectivity index (χ3n) is 5.59. The Bertz CT molecular complexity index is 1170. The first-order valence-electron chi connectivity index (χ1n) is 9.41. The lowest BCUT2D eigenvalue weighted by atomic mass is 10.1. The SMILES string of the molecule is Cc1ncc2n1CCN(c1noc(-c3ccc4cnn(C5COC5)c4c3)n1)C2. The van der Waals surface area contributed by atoms with Crippen LogP contribution in [0.3, 0.4) is 0 Å². The van der Waals surface area contributed by atoms with Gasteiger partial charge in [-0.25, -0.2) is 4.98 Å². The molecule has 5 heterocycles. The van der Waals surface area contributed by atoms with Gasteiger partial charge in [0.15, 0.2) is 0 Å². The van der Waals surface area contributed by atoms with Crippen molar-refractivity contribution in [2.45, 2.75) is 26.1 Å². The normalized spacial score (nSPS) is 17.1. The number of aryl methyl sites for hydroxylation is 1. The molecule has 28 heavy (non-hydrogen) atoms. The number of nitrogens with zero attached hydrogens (tertiary/aromatic N) is 7. The number of hydrogen-bond acceptors (Lipinski definition) is 7. The Morgan fingerprint density at radius 1 is 1.14 bits per heavy atom. The van der Waals surface area contributed by atoms with Crippen LogP contribution in [-0.4, -0.2) is 49.2 Å².